The lowest BCUT2D eigenvalue weighted by Gasteiger charge is -2.22. The molecule has 0 aliphatic heterocycles. The molecule has 0 unspecified atom stereocenters. The van der Waals surface area contributed by atoms with Crippen LogP contribution in [-0.4, -0.2) is 0 Å². The minimum absolute atomic E-state index is 1.12. The van der Waals surface area contributed by atoms with E-state index < -0.39 is 0 Å². The Morgan fingerprint density at radius 3 is 0.566 bits per heavy atom. The van der Waals surface area contributed by atoms with Crippen molar-refractivity contribution >= 4 is 86.2 Å². The smallest absolute Gasteiger partial charge is 0.00204 e. The molecule has 0 N–H and O–H groups in total. The highest BCUT2D eigenvalue weighted by Crippen LogP contribution is 2.53. The molecule has 122 heavy (non-hydrogen) atoms. The first-order valence-corrected chi connectivity index (χ1v) is 42.3. The molecule has 23 aromatic rings. The van der Waals surface area contributed by atoms with Gasteiger partial charge in [-0.15, -0.1) is 0 Å². The van der Waals surface area contributed by atoms with Crippen LogP contribution in [0.3, 0.4) is 0 Å². The van der Waals surface area contributed by atoms with E-state index in [2.05, 4.69) is 473 Å². The zero-order chi connectivity index (χ0) is 80.6. The van der Waals surface area contributed by atoms with Gasteiger partial charge in [-0.1, -0.05) is 400 Å². The molecule has 566 valence electrons. The Morgan fingerprint density at radius 1 is 0.0902 bits per heavy atom. The molecule has 0 saturated carbocycles. The molecule has 0 aliphatic rings. The van der Waals surface area contributed by atoms with Crippen LogP contribution in [-0.2, 0) is 0 Å². The van der Waals surface area contributed by atoms with E-state index in [0.29, 0.717) is 0 Å². The number of hydrogen-bond acceptors (Lipinski definition) is 0. The monoisotopic (exact) mass is 1540 g/mol. The van der Waals surface area contributed by atoms with Gasteiger partial charge in [-0.25, -0.2) is 0 Å². The largest absolute Gasteiger partial charge is 0.0622 e. The lowest BCUT2D eigenvalue weighted by molar-refractivity contribution is 1.55. The van der Waals surface area contributed by atoms with Gasteiger partial charge in [0.15, 0.2) is 0 Å². The van der Waals surface area contributed by atoms with Crippen molar-refractivity contribution in [2.24, 2.45) is 0 Å². The molecule has 0 spiro atoms. The summed E-state index contributed by atoms with van der Waals surface area (Å²) in [6, 6.07) is 178. The van der Waals surface area contributed by atoms with E-state index in [9.17, 15) is 0 Å². The molecule has 0 heteroatoms. The molecule has 0 nitrogen and oxygen atoms in total. The molecule has 0 saturated heterocycles. The third kappa shape index (κ3) is 12.6. The van der Waals surface area contributed by atoms with Crippen molar-refractivity contribution in [1.29, 1.82) is 0 Å². The summed E-state index contributed by atoms with van der Waals surface area (Å²) in [5, 5.41) is 19.1. The van der Waals surface area contributed by atoms with Gasteiger partial charge in [0.1, 0.15) is 0 Å². The fourth-order valence-corrected chi connectivity index (χ4v) is 19.8. The lowest BCUT2D eigenvalue weighted by atomic mass is 9.81. The molecule has 0 bridgehead atoms. The summed E-state index contributed by atoms with van der Waals surface area (Å²) in [5.41, 5.74) is 32.4. The number of benzene rings is 23. The fourth-order valence-electron chi connectivity index (χ4n) is 19.8. The normalized spacial score (nSPS) is 11.6. The van der Waals surface area contributed by atoms with Crippen LogP contribution >= 0.6 is 0 Å². The molecule has 0 aromatic heterocycles. The first-order valence-electron chi connectivity index (χ1n) is 42.3. The van der Waals surface area contributed by atoms with Gasteiger partial charge in [-0.2, -0.15) is 0 Å². The summed E-state index contributed by atoms with van der Waals surface area (Å²) in [6.45, 7) is 0. The molecule has 0 amide bonds. The Labute approximate surface area is 710 Å². The molecule has 23 aromatic carbocycles. The third-order valence-electron chi connectivity index (χ3n) is 25.4. The van der Waals surface area contributed by atoms with Crippen LogP contribution in [0.15, 0.2) is 473 Å². The number of rotatable bonds is 14. The Balaban J connectivity index is 0.817. The van der Waals surface area contributed by atoms with Gasteiger partial charge in [0.05, 0.1) is 0 Å². The van der Waals surface area contributed by atoms with E-state index in [1.54, 1.807) is 0 Å². The predicted octanol–water partition coefficient (Wildman–Crippen LogP) is 34.3. The van der Waals surface area contributed by atoms with Crippen LogP contribution in [0.4, 0.5) is 0 Å². The van der Waals surface area contributed by atoms with Crippen molar-refractivity contribution < 1.29 is 0 Å². The van der Waals surface area contributed by atoms with Gasteiger partial charge >= 0.3 is 0 Å². The Morgan fingerprint density at radius 2 is 0.270 bits per heavy atom. The van der Waals surface area contributed by atoms with Crippen molar-refractivity contribution in [1.82, 2.24) is 0 Å². The Hall–Kier alpha value is -15.9. The lowest BCUT2D eigenvalue weighted by Crippen LogP contribution is -1.95. The van der Waals surface area contributed by atoms with E-state index in [0.717, 1.165) is 122 Å². The first kappa shape index (κ1) is 71.5. The van der Waals surface area contributed by atoms with Crippen molar-refractivity contribution in [3.05, 3.63) is 473 Å². The summed E-state index contributed by atoms with van der Waals surface area (Å²) >= 11 is 0. The fraction of sp³-hybridized carbons (Fsp3) is 0. The Kier molecular flexibility index (Phi) is 17.7. The van der Waals surface area contributed by atoms with Crippen LogP contribution in [0.2, 0.25) is 0 Å². The highest BCUT2D eigenvalue weighted by molar-refractivity contribution is 6.24. The summed E-state index contributed by atoms with van der Waals surface area (Å²) < 4.78 is 0. The summed E-state index contributed by atoms with van der Waals surface area (Å²) in [5.74, 6) is 0. The minimum Gasteiger partial charge on any atom is -0.0622 e. The van der Waals surface area contributed by atoms with E-state index in [4.69, 9.17) is 0 Å². The summed E-state index contributed by atoms with van der Waals surface area (Å²) in [6.07, 6.45) is 0. The quantitative estimate of drug-likeness (QED) is 0.0952. The average Bonchev–Trinajstić information content (AvgIpc) is 0.702. The molecule has 0 heterocycles. The van der Waals surface area contributed by atoms with Crippen molar-refractivity contribution in [2.45, 2.75) is 0 Å². The molecule has 0 radical (unpaired) electrons. The maximum atomic E-state index is 2.52. The van der Waals surface area contributed by atoms with Crippen molar-refractivity contribution in [3.63, 3.8) is 0 Å². The molecular formula is C122H78. The van der Waals surface area contributed by atoms with E-state index >= 15 is 0 Å². The van der Waals surface area contributed by atoms with Gasteiger partial charge in [0.2, 0.25) is 0 Å². The second-order valence-electron chi connectivity index (χ2n) is 32.4. The van der Waals surface area contributed by atoms with E-state index in [-0.39, 0.29) is 0 Å². The summed E-state index contributed by atoms with van der Waals surface area (Å²) in [4.78, 5) is 0. The van der Waals surface area contributed by atoms with Crippen LogP contribution in [0, 0.1) is 0 Å². The standard InChI is InChI=1S/C122H78/c1-5-31-79(32-6-1)87-67-88(80-33-7-2-8-34-80)70-91(69-87)93-73-95(103-63-65-109(105-55-25-43-83-39-13-17-47-99(83)105)113-61-29-59-111(121(103)113)107-57-27-45-85-41-15-19-49-101(85)107)77-97(75-93)119-115-51-21-23-53-117(115)120(118-54-24-22-52-116(118)119)98-76-94(92-71-89(81-35-9-3-10-36-81)68-90(72-92)82-37-11-4-12-38-82)74-96(78-98)104-64-66-110(106-56-26-44-84-40-14-18-48-100(84)106)114-62-30-60-112(122(104)114)108-58-28-46-86-42-16-20-50-102(86)108/h1-78H. The van der Waals surface area contributed by atoms with Crippen LogP contribution in [0.1, 0.15) is 0 Å². The maximum absolute atomic E-state index is 2.52. The predicted molar refractivity (Wildman–Crippen MR) is 523 cm³/mol. The topological polar surface area (TPSA) is 0 Å². The van der Waals surface area contributed by atoms with Gasteiger partial charge in [0, 0.05) is 0 Å². The number of hydrogen-bond donors (Lipinski definition) is 0. The van der Waals surface area contributed by atoms with Crippen molar-refractivity contribution in [3.8, 4) is 156 Å². The molecule has 0 aliphatic carbocycles. The molecular weight excluding hydrogens is 1470 g/mol. The van der Waals surface area contributed by atoms with Crippen molar-refractivity contribution in [2.75, 3.05) is 0 Å². The van der Waals surface area contributed by atoms with E-state index in [1.807, 2.05) is 0 Å². The first-order chi connectivity index (χ1) is 60.5. The SMILES string of the molecule is c1ccc(-c2cc(-c3ccccc3)cc(-c3cc(-c4c5ccccc5c(-c5cc(-c6cc(-c7ccccc7)cc(-c7ccccc7)c6)cc(-c6ccc(-c7cccc8ccccc78)c7cccc(-c8cccc9ccccc89)c67)c5)c5ccccc45)cc(-c4ccc(-c5cccc6ccccc56)c5cccc(-c6cccc7ccccc67)c45)c3)c2)cc1. The van der Waals surface area contributed by atoms with Gasteiger partial charge in [-0.05, 0) is 315 Å². The second kappa shape index (κ2) is 30.3. The molecule has 23 rings (SSSR count). The highest BCUT2D eigenvalue weighted by atomic mass is 14.3. The van der Waals surface area contributed by atoms with Crippen LogP contribution in [0.25, 0.3) is 242 Å². The average molecular weight is 1540 g/mol. The van der Waals surface area contributed by atoms with Gasteiger partial charge < -0.3 is 0 Å². The van der Waals surface area contributed by atoms with E-state index in [1.165, 1.54) is 120 Å². The summed E-state index contributed by atoms with van der Waals surface area (Å²) in [7, 11) is 0. The highest BCUT2D eigenvalue weighted by Gasteiger charge is 2.26. The third-order valence-corrected chi connectivity index (χ3v) is 25.4. The Bertz CT molecular complexity index is 7420. The molecule has 0 atom stereocenters. The van der Waals surface area contributed by atoms with Crippen LogP contribution < -0.4 is 0 Å². The number of fused-ring (bicyclic) bond motifs is 8. The zero-order valence-electron chi connectivity index (χ0n) is 67.0. The zero-order valence-corrected chi connectivity index (χ0v) is 67.0. The maximum Gasteiger partial charge on any atom is -0.00204 e. The minimum atomic E-state index is 1.12. The van der Waals surface area contributed by atoms with Gasteiger partial charge in [-0.3, -0.25) is 0 Å². The second-order valence-corrected chi connectivity index (χ2v) is 32.4. The van der Waals surface area contributed by atoms with Gasteiger partial charge in [0.25, 0.3) is 0 Å². The molecule has 0 fully saturated rings. The van der Waals surface area contributed by atoms with Crippen LogP contribution in [0.5, 0.6) is 0 Å².